The van der Waals surface area contributed by atoms with E-state index in [-0.39, 0.29) is 25.0 Å². The van der Waals surface area contributed by atoms with Crippen LogP contribution in [0.3, 0.4) is 0 Å². The van der Waals surface area contributed by atoms with Gasteiger partial charge in [-0.2, -0.15) is 0 Å². The van der Waals surface area contributed by atoms with Gasteiger partial charge in [-0.05, 0) is 42.0 Å². The minimum Gasteiger partial charge on any atom is -0.480 e. The Bertz CT molecular complexity index is 978. The minimum absolute atomic E-state index is 0.0280. The van der Waals surface area contributed by atoms with E-state index in [0.29, 0.717) is 12.8 Å². The number of rotatable bonds is 11. The SMILES string of the molecule is CCC(CCC(=O)NC(C(=O)O)C(C)OC)NC(=O)OCC1c2ccccc2-c2ccccc21. The first-order valence-corrected chi connectivity index (χ1v) is 11.5. The maximum Gasteiger partial charge on any atom is 0.407 e. The molecule has 2 aromatic rings. The van der Waals surface area contributed by atoms with Crippen LogP contribution < -0.4 is 10.6 Å². The Hall–Kier alpha value is -3.39. The number of alkyl carbamates (subject to hydrolysis) is 1. The summed E-state index contributed by atoms with van der Waals surface area (Å²) in [6, 6.07) is 14.8. The van der Waals surface area contributed by atoms with Gasteiger partial charge >= 0.3 is 12.1 Å². The Morgan fingerprint density at radius 3 is 2.12 bits per heavy atom. The van der Waals surface area contributed by atoms with Gasteiger partial charge in [-0.15, -0.1) is 0 Å². The van der Waals surface area contributed by atoms with Gasteiger partial charge < -0.3 is 25.2 Å². The Kier molecular flexibility index (Phi) is 8.65. The first-order chi connectivity index (χ1) is 16.3. The zero-order chi connectivity index (χ0) is 24.7. The van der Waals surface area contributed by atoms with Crippen molar-refractivity contribution >= 4 is 18.0 Å². The average molecular weight is 469 g/mol. The standard InChI is InChI=1S/C26H32N2O6/c1-4-17(13-14-23(29)28-24(25(30)31)16(2)33-3)27-26(32)34-15-22-20-11-7-5-9-18(20)19-10-6-8-12-21(19)22/h5-12,16-17,22,24H,4,13-15H2,1-3H3,(H,27,32)(H,28,29)(H,30,31). The van der Waals surface area contributed by atoms with Crippen LogP contribution in [0.4, 0.5) is 4.79 Å². The Morgan fingerprint density at radius 2 is 1.59 bits per heavy atom. The predicted molar refractivity (Wildman–Crippen MR) is 128 cm³/mol. The van der Waals surface area contributed by atoms with Crippen LogP contribution in [-0.4, -0.2) is 55.0 Å². The fourth-order valence-electron chi connectivity index (χ4n) is 4.25. The highest BCUT2D eigenvalue weighted by atomic mass is 16.5. The molecular formula is C26H32N2O6. The second-order valence-corrected chi connectivity index (χ2v) is 8.44. The summed E-state index contributed by atoms with van der Waals surface area (Å²) >= 11 is 0. The molecule has 3 rings (SSSR count). The number of benzene rings is 2. The summed E-state index contributed by atoms with van der Waals surface area (Å²) in [5, 5.41) is 14.6. The molecule has 0 saturated heterocycles. The number of carboxylic acid groups (broad SMARTS) is 1. The molecule has 8 nitrogen and oxygen atoms in total. The third kappa shape index (κ3) is 5.94. The zero-order valence-corrected chi connectivity index (χ0v) is 19.7. The Morgan fingerprint density at radius 1 is 1.00 bits per heavy atom. The van der Waals surface area contributed by atoms with E-state index >= 15 is 0 Å². The van der Waals surface area contributed by atoms with Gasteiger partial charge in [0.25, 0.3) is 0 Å². The summed E-state index contributed by atoms with van der Waals surface area (Å²) in [5.41, 5.74) is 4.59. The van der Waals surface area contributed by atoms with E-state index in [2.05, 4.69) is 34.9 Å². The van der Waals surface area contributed by atoms with E-state index in [1.165, 1.54) is 7.11 Å². The van der Waals surface area contributed by atoms with Crippen LogP contribution in [0.2, 0.25) is 0 Å². The first-order valence-electron chi connectivity index (χ1n) is 11.5. The van der Waals surface area contributed by atoms with Crippen LogP contribution in [0.1, 0.15) is 50.2 Å². The van der Waals surface area contributed by atoms with Gasteiger partial charge in [-0.25, -0.2) is 9.59 Å². The monoisotopic (exact) mass is 468 g/mol. The topological polar surface area (TPSA) is 114 Å². The molecule has 0 saturated carbocycles. The van der Waals surface area contributed by atoms with Crippen LogP contribution in [0.25, 0.3) is 11.1 Å². The number of carbonyl (C=O) groups excluding carboxylic acids is 2. The molecular weight excluding hydrogens is 436 g/mol. The van der Waals surface area contributed by atoms with Crippen molar-refractivity contribution in [2.75, 3.05) is 13.7 Å². The molecule has 2 aromatic carbocycles. The van der Waals surface area contributed by atoms with Crippen LogP contribution in [-0.2, 0) is 19.1 Å². The molecule has 3 N–H and O–H groups in total. The molecule has 34 heavy (non-hydrogen) atoms. The first kappa shape index (κ1) is 25.2. The van der Waals surface area contributed by atoms with Crippen LogP contribution in [0.5, 0.6) is 0 Å². The van der Waals surface area contributed by atoms with Crippen molar-refractivity contribution in [2.24, 2.45) is 0 Å². The van der Waals surface area contributed by atoms with E-state index in [4.69, 9.17) is 9.47 Å². The molecule has 0 bridgehead atoms. The fourth-order valence-corrected chi connectivity index (χ4v) is 4.25. The normalized spacial score (nSPS) is 14.9. The van der Waals surface area contributed by atoms with E-state index in [9.17, 15) is 19.5 Å². The van der Waals surface area contributed by atoms with Gasteiger partial charge in [0, 0.05) is 25.5 Å². The number of aliphatic carboxylic acids is 1. The molecule has 1 aliphatic rings. The molecule has 0 radical (unpaired) electrons. The highest BCUT2D eigenvalue weighted by Crippen LogP contribution is 2.44. The van der Waals surface area contributed by atoms with Gasteiger partial charge in [-0.3, -0.25) is 4.79 Å². The molecule has 1 aliphatic carbocycles. The molecule has 182 valence electrons. The van der Waals surface area contributed by atoms with Gasteiger partial charge in [0.05, 0.1) is 6.10 Å². The smallest absolute Gasteiger partial charge is 0.407 e. The molecule has 0 spiro atoms. The molecule has 0 aromatic heterocycles. The number of nitrogens with one attached hydrogen (secondary N) is 2. The number of carboxylic acids is 1. The summed E-state index contributed by atoms with van der Waals surface area (Å²) in [5.74, 6) is -1.60. The summed E-state index contributed by atoms with van der Waals surface area (Å²) in [7, 11) is 1.39. The zero-order valence-electron chi connectivity index (χ0n) is 19.7. The van der Waals surface area contributed by atoms with Gasteiger partial charge in [0.1, 0.15) is 6.61 Å². The number of hydrogen-bond acceptors (Lipinski definition) is 5. The maximum absolute atomic E-state index is 12.5. The summed E-state index contributed by atoms with van der Waals surface area (Å²) < 4.78 is 10.6. The molecule has 8 heteroatoms. The lowest BCUT2D eigenvalue weighted by atomic mass is 9.98. The molecule has 3 unspecified atom stereocenters. The summed E-state index contributed by atoms with van der Waals surface area (Å²) in [4.78, 5) is 36.1. The van der Waals surface area contributed by atoms with E-state index in [0.717, 1.165) is 22.3 Å². The molecule has 0 aliphatic heterocycles. The lowest BCUT2D eigenvalue weighted by Gasteiger charge is -2.21. The number of methoxy groups -OCH3 is 1. The second-order valence-electron chi connectivity index (χ2n) is 8.44. The van der Waals surface area contributed by atoms with E-state index in [1.54, 1.807) is 6.92 Å². The third-order valence-electron chi connectivity index (χ3n) is 6.30. The summed E-state index contributed by atoms with van der Waals surface area (Å²) in [6.07, 6.45) is -0.162. The number of carbonyl (C=O) groups is 3. The van der Waals surface area contributed by atoms with Crippen molar-refractivity contribution in [2.45, 2.75) is 57.2 Å². The highest BCUT2D eigenvalue weighted by molar-refractivity contribution is 5.84. The summed E-state index contributed by atoms with van der Waals surface area (Å²) in [6.45, 7) is 3.69. The van der Waals surface area contributed by atoms with E-state index in [1.807, 2.05) is 31.2 Å². The molecule has 2 amide bonds. The number of hydrogen-bond donors (Lipinski definition) is 3. The lowest BCUT2D eigenvalue weighted by molar-refractivity contribution is -0.145. The third-order valence-corrected chi connectivity index (χ3v) is 6.30. The quantitative estimate of drug-likeness (QED) is 0.464. The number of amides is 2. The van der Waals surface area contributed by atoms with Crippen molar-refractivity contribution in [3.8, 4) is 11.1 Å². The lowest BCUT2D eigenvalue weighted by Crippen LogP contribution is -2.48. The molecule has 0 heterocycles. The number of ether oxygens (including phenoxy) is 2. The van der Waals surface area contributed by atoms with Crippen molar-refractivity contribution < 1.29 is 29.0 Å². The fraction of sp³-hybridized carbons (Fsp3) is 0.423. The second kappa shape index (κ2) is 11.7. The predicted octanol–water partition coefficient (Wildman–Crippen LogP) is 3.69. The van der Waals surface area contributed by atoms with Crippen molar-refractivity contribution in [1.82, 2.24) is 10.6 Å². The van der Waals surface area contributed by atoms with Crippen molar-refractivity contribution in [3.63, 3.8) is 0 Å². The number of fused-ring (bicyclic) bond motifs is 3. The van der Waals surface area contributed by atoms with Gasteiger partial charge in [0.2, 0.25) is 5.91 Å². The van der Waals surface area contributed by atoms with Gasteiger partial charge in [-0.1, -0.05) is 55.5 Å². The van der Waals surface area contributed by atoms with Crippen LogP contribution in [0, 0.1) is 0 Å². The van der Waals surface area contributed by atoms with E-state index < -0.39 is 30.1 Å². The van der Waals surface area contributed by atoms with Crippen molar-refractivity contribution in [3.05, 3.63) is 59.7 Å². The molecule has 0 fully saturated rings. The van der Waals surface area contributed by atoms with Crippen LogP contribution >= 0.6 is 0 Å². The molecule has 3 atom stereocenters. The Balaban J connectivity index is 1.51. The largest absolute Gasteiger partial charge is 0.480 e. The maximum atomic E-state index is 12.5. The highest BCUT2D eigenvalue weighted by Gasteiger charge is 2.29. The minimum atomic E-state index is -1.16. The van der Waals surface area contributed by atoms with Crippen molar-refractivity contribution in [1.29, 1.82) is 0 Å². The van der Waals surface area contributed by atoms with Gasteiger partial charge in [0.15, 0.2) is 6.04 Å². The van der Waals surface area contributed by atoms with Crippen LogP contribution in [0.15, 0.2) is 48.5 Å². The Labute approximate surface area is 199 Å². The average Bonchev–Trinajstić information content (AvgIpc) is 3.16.